The molecule has 3 nitrogen and oxygen atoms in total. The molecule has 0 aromatic heterocycles. The summed E-state index contributed by atoms with van der Waals surface area (Å²) in [7, 11) is 0. The van der Waals surface area contributed by atoms with E-state index in [1.165, 1.54) is 43.9 Å². The van der Waals surface area contributed by atoms with E-state index in [2.05, 4.69) is 11.7 Å². The third-order valence-corrected chi connectivity index (χ3v) is 8.33. The van der Waals surface area contributed by atoms with Crippen LogP contribution in [0, 0.1) is 46.6 Å². The van der Waals surface area contributed by atoms with E-state index < -0.39 is 75.6 Å². The lowest BCUT2D eigenvalue weighted by atomic mass is 9.97. The van der Waals surface area contributed by atoms with E-state index in [1.807, 2.05) is 0 Å². The van der Waals surface area contributed by atoms with Crippen molar-refractivity contribution in [3.63, 3.8) is 0 Å². The summed E-state index contributed by atoms with van der Waals surface area (Å²) >= 11 is 0. The monoisotopic (exact) mass is 696 g/mol. The molecule has 0 unspecified atom stereocenters. The minimum absolute atomic E-state index is 0.0177. The van der Waals surface area contributed by atoms with Crippen LogP contribution in [-0.2, 0) is 15.6 Å². The Hall–Kier alpha value is -4.03. The second-order valence-electron chi connectivity index (χ2n) is 12.0. The second kappa shape index (κ2) is 15.7. The number of unbranched alkanes of at least 4 members (excludes halogenated alkanes) is 5. The van der Waals surface area contributed by atoms with Gasteiger partial charge in [0.05, 0.1) is 13.2 Å². The molecule has 0 spiro atoms. The molecule has 1 aliphatic heterocycles. The zero-order chi connectivity index (χ0) is 35.3. The van der Waals surface area contributed by atoms with Crippen LogP contribution in [0.1, 0.15) is 69.3 Å². The van der Waals surface area contributed by atoms with Gasteiger partial charge in [0, 0.05) is 34.7 Å². The van der Waals surface area contributed by atoms with E-state index in [-0.39, 0.29) is 29.2 Å². The van der Waals surface area contributed by atoms with Gasteiger partial charge in [-0.3, -0.25) is 0 Å². The van der Waals surface area contributed by atoms with Crippen molar-refractivity contribution in [1.82, 2.24) is 0 Å². The molecule has 0 aliphatic carbocycles. The summed E-state index contributed by atoms with van der Waals surface area (Å²) in [5, 5.41) is 0. The smallest absolute Gasteiger partial charge is 0.429 e. The van der Waals surface area contributed by atoms with Crippen molar-refractivity contribution in [2.75, 3.05) is 13.2 Å². The van der Waals surface area contributed by atoms with Crippen LogP contribution < -0.4 is 4.74 Å². The van der Waals surface area contributed by atoms with Gasteiger partial charge in [0.25, 0.3) is 0 Å². The summed E-state index contributed by atoms with van der Waals surface area (Å²) in [6.45, 7) is 3.14. The van der Waals surface area contributed by atoms with Crippen LogP contribution in [0.2, 0.25) is 0 Å². The molecule has 1 fully saturated rings. The quantitative estimate of drug-likeness (QED) is 0.0791. The van der Waals surface area contributed by atoms with Gasteiger partial charge in [0.1, 0.15) is 34.6 Å². The van der Waals surface area contributed by atoms with E-state index in [0.29, 0.717) is 30.9 Å². The summed E-state index contributed by atoms with van der Waals surface area (Å²) in [5.41, 5.74) is -2.25. The molecule has 12 heteroatoms. The molecule has 0 atom stereocenters. The van der Waals surface area contributed by atoms with Crippen LogP contribution >= 0.6 is 0 Å². The molecule has 1 aliphatic rings. The van der Waals surface area contributed by atoms with Crippen LogP contribution in [-0.4, -0.2) is 13.2 Å². The number of hydrogen-bond acceptors (Lipinski definition) is 3. The SMILES string of the molecule is CCCCCCCCC1COC(c2ccc(-c3ccc(-c4cc(F)c(C(F)(F)Oc5cc(F)c(F)c(F)c5)c(F)c4)c(F)c3)c(F)c2)OC1. The Kier molecular flexibility index (Phi) is 11.6. The lowest BCUT2D eigenvalue weighted by molar-refractivity contribution is -0.206. The van der Waals surface area contributed by atoms with Gasteiger partial charge in [-0.2, -0.15) is 8.78 Å². The standard InChI is InChI=1S/C37H33F9O3/c1-2-3-4-5-6-7-8-21-19-47-36(48-20-21)23-10-12-26(29(39)14-23)22-9-11-27(28(38)13-22)24-15-30(40)34(31(41)16-24)37(45,46)49-25-17-32(42)35(44)33(43)18-25/h9-18,21,36H,2-8,19-20H2,1H3. The Balaban J connectivity index is 1.26. The third-order valence-electron chi connectivity index (χ3n) is 8.33. The molecule has 5 rings (SSSR count). The Bertz CT molecular complexity index is 1720. The molecular formula is C37H33F9O3. The normalized spacial score (nSPS) is 16.6. The summed E-state index contributed by atoms with van der Waals surface area (Å²) < 4.78 is 145. The van der Waals surface area contributed by atoms with Crippen LogP contribution in [0.5, 0.6) is 5.75 Å². The zero-order valence-corrected chi connectivity index (χ0v) is 26.4. The summed E-state index contributed by atoms with van der Waals surface area (Å²) in [6, 6.07) is 8.52. The first-order chi connectivity index (χ1) is 23.4. The minimum atomic E-state index is -4.81. The largest absolute Gasteiger partial charge is 0.432 e. The minimum Gasteiger partial charge on any atom is -0.429 e. The van der Waals surface area contributed by atoms with Crippen molar-refractivity contribution in [2.45, 2.75) is 64.3 Å². The summed E-state index contributed by atoms with van der Waals surface area (Å²) in [6.07, 6.45) is 2.57. The average Bonchev–Trinajstić information content (AvgIpc) is 3.04. The molecule has 1 heterocycles. The Morgan fingerprint density at radius 2 is 1.18 bits per heavy atom. The van der Waals surface area contributed by atoms with Gasteiger partial charge < -0.3 is 14.2 Å². The number of alkyl halides is 2. The predicted molar refractivity (Wildman–Crippen MR) is 164 cm³/mol. The number of halogens is 9. The van der Waals surface area contributed by atoms with E-state index >= 15 is 8.78 Å². The third kappa shape index (κ3) is 8.59. The fourth-order valence-electron chi connectivity index (χ4n) is 5.74. The summed E-state index contributed by atoms with van der Waals surface area (Å²) in [4.78, 5) is 0. The first-order valence-corrected chi connectivity index (χ1v) is 15.9. The van der Waals surface area contributed by atoms with E-state index in [1.54, 1.807) is 6.07 Å². The molecule has 49 heavy (non-hydrogen) atoms. The first kappa shape index (κ1) is 36.3. The van der Waals surface area contributed by atoms with Crippen LogP contribution in [0.25, 0.3) is 22.3 Å². The molecule has 0 saturated carbocycles. The zero-order valence-electron chi connectivity index (χ0n) is 26.4. The van der Waals surface area contributed by atoms with Gasteiger partial charge in [0.15, 0.2) is 23.7 Å². The fraction of sp³-hybridized carbons (Fsp3) is 0.351. The van der Waals surface area contributed by atoms with Gasteiger partial charge in [-0.15, -0.1) is 0 Å². The van der Waals surface area contributed by atoms with Gasteiger partial charge in [-0.1, -0.05) is 69.7 Å². The molecule has 0 bridgehead atoms. The van der Waals surface area contributed by atoms with Gasteiger partial charge >= 0.3 is 6.11 Å². The lowest BCUT2D eigenvalue weighted by Gasteiger charge is -2.29. The highest BCUT2D eigenvalue weighted by Gasteiger charge is 2.41. The second-order valence-corrected chi connectivity index (χ2v) is 12.0. The van der Waals surface area contributed by atoms with Gasteiger partial charge in [-0.25, -0.2) is 30.7 Å². The number of hydrogen-bond donors (Lipinski definition) is 0. The van der Waals surface area contributed by atoms with Crippen molar-refractivity contribution < 1.29 is 53.7 Å². The van der Waals surface area contributed by atoms with E-state index in [9.17, 15) is 30.7 Å². The number of ether oxygens (including phenoxy) is 3. The predicted octanol–water partition coefficient (Wildman–Crippen LogP) is 11.5. The molecule has 4 aromatic rings. The molecule has 0 amide bonds. The van der Waals surface area contributed by atoms with Crippen LogP contribution in [0.3, 0.4) is 0 Å². The van der Waals surface area contributed by atoms with Crippen LogP contribution in [0.15, 0.2) is 60.7 Å². The number of benzene rings is 4. The van der Waals surface area contributed by atoms with Crippen molar-refractivity contribution >= 4 is 0 Å². The highest BCUT2D eigenvalue weighted by atomic mass is 19.3. The van der Waals surface area contributed by atoms with E-state index in [4.69, 9.17) is 9.47 Å². The highest BCUT2D eigenvalue weighted by molar-refractivity contribution is 5.72. The van der Waals surface area contributed by atoms with Crippen molar-refractivity contribution in [1.29, 1.82) is 0 Å². The maximum Gasteiger partial charge on any atom is 0.432 e. The topological polar surface area (TPSA) is 27.7 Å². The van der Waals surface area contributed by atoms with Crippen molar-refractivity contribution in [3.05, 3.63) is 113 Å². The first-order valence-electron chi connectivity index (χ1n) is 15.9. The van der Waals surface area contributed by atoms with Crippen molar-refractivity contribution in [2.24, 2.45) is 5.92 Å². The fourth-order valence-corrected chi connectivity index (χ4v) is 5.74. The van der Waals surface area contributed by atoms with Gasteiger partial charge in [0.2, 0.25) is 0 Å². The van der Waals surface area contributed by atoms with Crippen LogP contribution in [0.4, 0.5) is 39.5 Å². The Labute approximate surface area is 277 Å². The van der Waals surface area contributed by atoms with E-state index in [0.717, 1.165) is 31.4 Å². The van der Waals surface area contributed by atoms with Gasteiger partial charge in [-0.05, 0) is 41.8 Å². The molecule has 1 saturated heterocycles. The number of rotatable bonds is 13. The summed E-state index contributed by atoms with van der Waals surface area (Å²) in [5.74, 6) is -12.1. The maximum atomic E-state index is 15.2. The van der Waals surface area contributed by atoms with Crippen molar-refractivity contribution in [3.8, 4) is 28.0 Å². The molecule has 262 valence electrons. The maximum absolute atomic E-state index is 15.2. The lowest BCUT2D eigenvalue weighted by Crippen LogP contribution is -2.27. The molecule has 0 radical (unpaired) electrons. The average molecular weight is 697 g/mol. The molecular weight excluding hydrogens is 663 g/mol. The molecule has 0 N–H and O–H groups in total. The Morgan fingerprint density at radius 1 is 0.633 bits per heavy atom. The Morgan fingerprint density at radius 3 is 1.80 bits per heavy atom. The highest BCUT2D eigenvalue weighted by Crippen LogP contribution is 2.39. The molecule has 4 aromatic carbocycles.